The van der Waals surface area contributed by atoms with E-state index < -0.39 is 11.9 Å². The van der Waals surface area contributed by atoms with Gasteiger partial charge in [-0.25, -0.2) is 0 Å². The molecule has 0 aliphatic carbocycles. The minimum absolute atomic E-state index is 0.00201. The SMILES string of the molecule is COC(=O)CCC(=O)CNC(=O)C1CC(=O)N(Cc2ccccc2)C1. The van der Waals surface area contributed by atoms with E-state index in [1.807, 2.05) is 30.3 Å². The summed E-state index contributed by atoms with van der Waals surface area (Å²) in [7, 11) is 1.26. The Morgan fingerprint density at radius 2 is 1.92 bits per heavy atom. The Hall–Kier alpha value is -2.70. The van der Waals surface area contributed by atoms with Gasteiger partial charge in [-0.1, -0.05) is 30.3 Å². The van der Waals surface area contributed by atoms with E-state index in [1.54, 1.807) is 4.90 Å². The number of Topliss-reactive ketones (excluding diaryl/α,β-unsaturated/α-hetero) is 1. The lowest BCUT2D eigenvalue weighted by Gasteiger charge is -2.16. The van der Waals surface area contributed by atoms with E-state index in [0.717, 1.165) is 5.56 Å². The lowest BCUT2D eigenvalue weighted by molar-refractivity contribution is -0.141. The molecule has 1 N–H and O–H groups in total. The monoisotopic (exact) mass is 346 g/mol. The van der Waals surface area contributed by atoms with Crippen molar-refractivity contribution in [3.63, 3.8) is 0 Å². The number of amides is 2. The van der Waals surface area contributed by atoms with Crippen molar-refractivity contribution in [1.82, 2.24) is 10.2 Å². The molecule has 0 spiro atoms. The van der Waals surface area contributed by atoms with Crippen LogP contribution in [0.1, 0.15) is 24.8 Å². The van der Waals surface area contributed by atoms with E-state index >= 15 is 0 Å². The van der Waals surface area contributed by atoms with Gasteiger partial charge in [0, 0.05) is 25.9 Å². The molecular weight excluding hydrogens is 324 g/mol. The van der Waals surface area contributed by atoms with Crippen LogP contribution in [0.2, 0.25) is 0 Å². The highest BCUT2D eigenvalue weighted by Gasteiger charge is 2.34. The molecule has 7 heteroatoms. The molecule has 0 saturated carbocycles. The number of rotatable bonds is 8. The average molecular weight is 346 g/mol. The standard InChI is InChI=1S/C18H22N2O5/c1-25-17(23)8-7-15(21)10-19-18(24)14-9-16(22)20(12-14)11-13-5-3-2-4-6-13/h2-6,14H,7-12H2,1H3,(H,19,24). The third-order valence-electron chi connectivity index (χ3n) is 4.10. The van der Waals surface area contributed by atoms with Crippen molar-refractivity contribution in [3.8, 4) is 0 Å². The van der Waals surface area contributed by atoms with Crippen molar-refractivity contribution in [1.29, 1.82) is 0 Å². The fourth-order valence-electron chi connectivity index (χ4n) is 2.67. The molecular formula is C18H22N2O5. The van der Waals surface area contributed by atoms with E-state index in [2.05, 4.69) is 10.1 Å². The maximum absolute atomic E-state index is 12.2. The summed E-state index contributed by atoms with van der Waals surface area (Å²) in [6, 6.07) is 9.57. The van der Waals surface area contributed by atoms with Gasteiger partial charge in [-0.3, -0.25) is 19.2 Å². The fourth-order valence-corrected chi connectivity index (χ4v) is 2.67. The zero-order valence-electron chi connectivity index (χ0n) is 14.2. The van der Waals surface area contributed by atoms with E-state index in [0.29, 0.717) is 13.1 Å². The Morgan fingerprint density at radius 3 is 2.60 bits per heavy atom. The molecule has 1 heterocycles. The van der Waals surface area contributed by atoms with Crippen LogP contribution in [0.5, 0.6) is 0 Å². The highest BCUT2D eigenvalue weighted by atomic mass is 16.5. The number of likely N-dealkylation sites (tertiary alicyclic amines) is 1. The van der Waals surface area contributed by atoms with Crippen molar-refractivity contribution in [2.24, 2.45) is 5.92 Å². The lowest BCUT2D eigenvalue weighted by atomic mass is 10.1. The Kier molecular flexibility index (Phi) is 6.68. The van der Waals surface area contributed by atoms with Gasteiger partial charge in [0.2, 0.25) is 11.8 Å². The molecule has 1 aliphatic rings. The van der Waals surface area contributed by atoms with Gasteiger partial charge in [-0.05, 0) is 5.56 Å². The second kappa shape index (κ2) is 8.96. The summed E-state index contributed by atoms with van der Waals surface area (Å²) in [6.45, 7) is 0.677. The van der Waals surface area contributed by atoms with Crippen LogP contribution >= 0.6 is 0 Å². The molecule has 2 amide bonds. The number of carbonyl (C=O) groups excluding carboxylic acids is 4. The van der Waals surface area contributed by atoms with Crippen molar-refractivity contribution in [3.05, 3.63) is 35.9 Å². The number of nitrogens with zero attached hydrogens (tertiary/aromatic N) is 1. The molecule has 1 unspecified atom stereocenters. The normalized spacial score (nSPS) is 16.6. The zero-order valence-corrected chi connectivity index (χ0v) is 14.2. The van der Waals surface area contributed by atoms with Crippen LogP contribution < -0.4 is 5.32 Å². The third-order valence-corrected chi connectivity index (χ3v) is 4.10. The fraction of sp³-hybridized carbons (Fsp3) is 0.444. The molecule has 1 fully saturated rings. The van der Waals surface area contributed by atoms with Crippen molar-refractivity contribution in [2.75, 3.05) is 20.2 Å². The van der Waals surface area contributed by atoms with Crippen molar-refractivity contribution < 1.29 is 23.9 Å². The predicted molar refractivity (Wildman–Crippen MR) is 89.2 cm³/mol. The van der Waals surface area contributed by atoms with Gasteiger partial charge in [-0.15, -0.1) is 0 Å². The third kappa shape index (κ3) is 5.70. The number of esters is 1. The van der Waals surface area contributed by atoms with Crippen molar-refractivity contribution >= 4 is 23.6 Å². The first-order valence-corrected chi connectivity index (χ1v) is 8.17. The Morgan fingerprint density at radius 1 is 1.20 bits per heavy atom. The van der Waals surface area contributed by atoms with Gasteiger partial charge >= 0.3 is 5.97 Å². The molecule has 1 aromatic carbocycles. The first-order valence-electron chi connectivity index (χ1n) is 8.17. The van der Waals surface area contributed by atoms with Crippen LogP contribution in [0, 0.1) is 5.92 Å². The molecule has 0 bridgehead atoms. The van der Waals surface area contributed by atoms with Gasteiger partial charge in [0.25, 0.3) is 0 Å². The van der Waals surface area contributed by atoms with Gasteiger partial charge in [0.1, 0.15) is 0 Å². The Labute approximate surface area is 146 Å². The summed E-state index contributed by atoms with van der Waals surface area (Å²) in [4.78, 5) is 48.5. The molecule has 134 valence electrons. The number of nitrogens with one attached hydrogen (secondary N) is 1. The molecule has 1 saturated heterocycles. The van der Waals surface area contributed by atoms with E-state index in [1.165, 1.54) is 7.11 Å². The van der Waals surface area contributed by atoms with Crippen LogP contribution in [0.3, 0.4) is 0 Å². The second-order valence-corrected chi connectivity index (χ2v) is 5.99. The minimum Gasteiger partial charge on any atom is -0.469 e. The van der Waals surface area contributed by atoms with Gasteiger partial charge in [-0.2, -0.15) is 0 Å². The second-order valence-electron chi connectivity index (χ2n) is 5.99. The number of methoxy groups -OCH3 is 1. The average Bonchev–Trinajstić information content (AvgIpc) is 2.99. The Bertz CT molecular complexity index is 644. The predicted octanol–water partition coefficient (Wildman–Crippen LogP) is 0.674. The molecule has 0 aromatic heterocycles. The summed E-state index contributed by atoms with van der Waals surface area (Å²) in [5.41, 5.74) is 1.01. The highest BCUT2D eigenvalue weighted by molar-refractivity contribution is 5.92. The van der Waals surface area contributed by atoms with Gasteiger partial charge in [0.05, 0.1) is 26.0 Å². The summed E-state index contributed by atoms with van der Waals surface area (Å²) >= 11 is 0. The number of benzene rings is 1. The molecule has 2 rings (SSSR count). The molecule has 0 radical (unpaired) electrons. The van der Waals surface area contributed by atoms with Gasteiger partial charge in [0.15, 0.2) is 5.78 Å². The smallest absolute Gasteiger partial charge is 0.305 e. The minimum atomic E-state index is -0.461. The van der Waals surface area contributed by atoms with E-state index in [-0.39, 0.29) is 43.4 Å². The summed E-state index contributed by atoms with van der Waals surface area (Å²) < 4.78 is 4.46. The van der Waals surface area contributed by atoms with Crippen LogP contribution in [-0.4, -0.2) is 48.7 Å². The summed E-state index contributed by atoms with van der Waals surface area (Å²) in [5, 5.41) is 2.55. The number of hydrogen-bond acceptors (Lipinski definition) is 5. The summed E-state index contributed by atoms with van der Waals surface area (Å²) in [6.07, 6.45) is 0.170. The largest absolute Gasteiger partial charge is 0.469 e. The molecule has 25 heavy (non-hydrogen) atoms. The van der Waals surface area contributed by atoms with Crippen LogP contribution in [0.4, 0.5) is 0 Å². The van der Waals surface area contributed by atoms with Gasteiger partial charge < -0.3 is 15.0 Å². The van der Waals surface area contributed by atoms with Crippen LogP contribution in [-0.2, 0) is 30.5 Å². The van der Waals surface area contributed by atoms with E-state index in [4.69, 9.17) is 0 Å². The number of hydrogen-bond donors (Lipinski definition) is 1. The highest BCUT2D eigenvalue weighted by Crippen LogP contribution is 2.20. The molecule has 1 aromatic rings. The first kappa shape index (κ1) is 18.6. The van der Waals surface area contributed by atoms with Crippen molar-refractivity contribution in [2.45, 2.75) is 25.8 Å². The number of ketones is 1. The maximum Gasteiger partial charge on any atom is 0.305 e. The number of ether oxygens (including phenoxy) is 1. The van der Waals surface area contributed by atoms with Crippen LogP contribution in [0.15, 0.2) is 30.3 Å². The molecule has 7 nitrogen and oxygen atoms in total. The maximum atomic E-state index is 12.2. The number of carbonyl (C=O) groups is 4. The topological polar surface area (TPSA) is 92.8 Å². The molecule has 1 aliphatic heterocycles. The first-order chi connectivity index (χ1) is 12.0. The zero-order chi connectivity index (χ0) is 18.2. The molecule has 1 atom stereocenters. The quantitative estimate of drug-likeness (QED) is 0.699. The van der Waals surface area contributed by atoms with Crippen LogP contribution in [0.25, 0.3) is 0 Å². The van der Waals surface area contributed by atoms with E-state index in [9.17, 15) is 19.2 Å². The Balaban J connectivity index is 1.76. The lowest BCUT2D eigenvalue weighted by Crippen LogP contribution is -2.36. The summed E-state index contributed by atoms with van der Waals surface area (Å²) in [5.74, 6) is -1.54.